The summed E-state index contributed by atoms with van der Waals surface area (Å²) in [5.74, 6) is 2.20. The molecule has 0 spiro atoms. The van der Waals surface area contributed by atoms with E-state index in [1.165, 1.54) is 6.16 Å². The molecule has 1 unspecified atom stereocenters. The van der Waals surface area contributed by atoms with Crippen LogP contribution < -0.4 is 0 Å². The van der Waals surface area contributed by atoms with E-state index in [1.54, 1.807) is 0 Å². The summed E-state index contributed by atoms with van der Waals surface area (Å²) in [4.78, 5) is 0. The van der Waals surface area contributed by atoms with Crippen molar-refractivity contribution in [1.82, 2.24) is 0 Å². The molecule has 0 bridgehead atoms. The summed E-state index contributed by atoms with van der Waals surface area (Å²) in [5, 5.41) is 0. The van der Waals surface area contributed by atoms with Gasteiger partial charge in [-0.15, -0.1) is 0 Å². The molecule has 1 heterocycles. The Labute approximate surface area is 46.7 Å². The van der Waals surface area contributed by atoms with Crippen LogP contribution in [0.1, 0.15) is 0 Å². The molecule has 0 nitrogen and oxygen atoms in total. The number of allylic oxidation sites excluding steroid dienone is 3. The zero-order valence-corrected chi connectivity index (χ0v) is 5.86. The Morgan fingerprint density at radius 3 is 2.57 bits per heavy atom. The zero-order chi connectivity index (χ0) is 5.11. The van der Waals surface area contributed by atoms with Gasteiger partial charge in [0, 0.05) is 0 Å². The van der Waals surface area contributed by atoms with Crippen LogP contribution in [0.4, 0.5) is 0 Å². The maximum atomic E-state index is 3.56. The first kappa shape index (κ1) is 5.22. The van der Waals surface area contributed by atoms with E-state index < -0.39 is 0 Å². The fourth-order valence-corrected chi connectivity index (χ4v) is 1.82. The Bertz CT molecular complexity index is 133. The summed E-state index contributed by atoms with van der Waals surface area (Å²) in [5.41, 5.74) is 0. The average Bonchev–Trinajstić information content (AvgIpc) is 1.69. The van der Waals surface area contributed by atoms with Crippen LogP contribution in [0.2, 0.25) is 0 Å². The summed E-state index contributed by atoms with van der Waals surface area (Å²) in [6, 6.07) is 0. The number of hydrogen-bond donors (Lipinski definition) is 0. The summed E-state index contributed by atoms with van der Waals surface area (Å²) in [7, 11) is 3.61. The maximum absolute atomic E-state index is 3.56. The highest BCUT2D eigenvalue weighted by molar-refractivity contribution is 7.88. The monoisotopic (exact) mass is 129 g/mol. The highest BCUT2D eigenvalue weighted by Crippen LogP contribution is 2.31. The molecule has 0 amide bonds. The molecule has 0 aromatic rings. The van der Waals surface area contributed by atoms with Crippen molar-refractivity contribution in [3.63, 3.8) is 0 Å². The molecule has 0 fully saturated rings. The van der Waals surface area contributed by atoms with E-state index in [4.69, 9.17) is 0 Å². The molecule has 0 aliphatic carbocycles. The van der Waals surface area contributed by atoms with Crippen LogP contribution in [0.5, 0.6) is 0 Å². The van der Waals surface area contributed by atoms with Gasteiger partial charge in [0.05, 0.1) is 0 Å². The minimum atomic E-state index is 0.0466. The van der Waals surface area contributed by atoms with Gasteiger partial charge in [-0.2, -0.15) is 0 Å². The van der Waals surface area contributed by atoms with Crippen molar-refractivity contribution >= 4 is 15.7 Å². The minimum absolute atomic E-state index is 0.0466. The van der Waals surface area contributed by atoms with Crippen LogP contribution in [0.15, 0.2) is 24.0 Å². The van der Waals surface area contributed by atoms with Crippen molar-refractivity contribution in [1.29, 1.82) is 0 Å². The Kier molecular flexibility index (Phi) is 1.79. The Balaban J connectivity index is 2.66. The molecular formula is C5H7P2+. The predicted octanol–water partition coefficient (Wildman–Crippen LogP) is 2.61. The van der Waals surface area contributed by atoms with Gasteiger partial charge in [0.15, 0.2) is 0 Å². The van der Waals surface area contributed by atoms with Gasteiger partial charge in [-0.05, 0) is 12.2 Å². The van der Waals surface area contributed by atoms with E-state index in [9.17, 15) is 0 Å². The van der Waals surface area contributed by atoms with Gasteiger partial charge in [-0.3, -0.25) is 0 Å². The standard InChI is InChI=1S/C5H7P2/c6-7-4-2-1-3-5-7/h1-4,6H,5H2/q+1. The van der Waals surface area contributed by atoms with Crippen molar-refractivity contribution in [2.45, 2.75) is 0 Å². The molecule has 0 N–H and O–H groups in total. The lowest BCUT2D eigenvalue weighted by Crippen LogP contribution is -1.67. The molecule has 1 rings (SSSR count). The van der Waals surface area contributed by atoms with Crippen molar-refractivity contribution in [2.75, 3.05) is 6.16 Å². The molecule has 0 saturated carbocycles. The van der Waals surface area contributed by atoms with Gasteiger partial charge >= 0.3 is 0 Å². The molecule has 0 radical (unpaired) electrons. The minimum Gasteiger partial charge on any atom is -0.0585 e. The summed E-state index contributed by atoms with van der Waals surface area (Å²) >= 11 is 0. The van der Waals surface area contributed by atoms with Gasteiger partial charge in [-0.25, -0.2) is 0 Å². The third kappa shape index (κ3) is 1.55. The lowest BCUT2D eigenvalue weighted by atomic mass is 10.5. The summed E-state index contributed by atoms with van der Waals surface area (Å²) in [6.07, 6.45) is 7.54. The highest BCUT2D eigenvalue weighted by atomic mass is 31.7. The number of hydrogen-bond acceptors (Lipinski definition) is 0. The second-order valence-electron chi connectivity index (χ2n) is 1.42. The molecule has 0 aromatic heterocycles. The van der Waals surface area contributed by atoms with E-state index >= 15 is 0 Å². The van der Waals surface area contributed by atoms with Crippen LogP contribution in [0.3, 0.4) is 0 Å². The molecular weight excluding hydrogens is 122 g/mol. The third-order valence-electron chi connectivity index (χ3n) is 0.815. The first-order valence-electron chi connectivity index (χ1n) is 2.21. The Morgan fingerprint density at radius 1 is 1.43 bits per heavy atom. The summed E-state index contributed by atoms with van der Waals surface area (Å²) in [6.45, 7) is 0. The van der Waals surface area contributed by atoms with E-state index in [1.807, 2.05) is 0 Å². The lowest BCUT2D eigenvalue weighted by molar-refractivity contribution is 1.72. The van der Waals surface area contributed by atoms with E-state index in [0.29, 0.717) is 0 Å². The quantitative estimate of drug-likeness (QED) is 0.441. The second kappa shape index (κ2) is 2.40. The molecule has 0 aromatic carbocycles. The third-order valence-corrected chi connectivity index (χ3v) is 2.95. The van der Waals surface area contributed by atoms with E-state index in [0.717, 1.165) is 0 Å². The molecule has 1 atom stereocenters. The number of rotatable bonds is 0. The summed E-state index contributed by atoms with van der Waals surface area (Å²) < 4.78 is 0. The van der Waals surface area contributed by atoms with Crippen LogP contribution in [0, 0.1) is 0 Å². The normalized spacial score (nSPS) is 23.1. The van der Waals surface area contributed by atoms with Gasteiger partial charge in [0.2, 0.25) is 0 Å². The highest BCUT2D eigenvalue weighted by Gasteiger charge is 1.98. The molecule has 1 aliphatic rings. The molecule has 7 heavy (non-hydrogen) atoms. The Hall–Kier alpha value is 0.0800. The largest absolute Gasteiger partial charge is 0.146 e. The molecule has 0 saturated heterocycles. The fraction of sp³-hybridized carbons (Fsp3) is 0.200. The van der Waals surface area contributed by atoms with Gasteiger partial charge in [0.25, 0.3) is 0 Å². The van der Waals surface area contributed by atoms with Crippen molar-refractivity contribution in [2.24, 2.45) is 0 Å². The van der Waals surface area contributed by atoms with Crippen LogP contribution >= 0.6 is 15.7 Å². The lowest BCUT2D eigenvalue weighted by Gasteiger charge is -1.82. The molecule has 1 aliphatic heterocycles. The van der Waals surface area contributed by atoms with Crippen molar-refractivity contribution in [3.8, 4) is 0 Å². The Morgan fingerprint density at radius 2 is 2.29 bits per heavy atom. The smallest absolute Gasteiger partial charge is 0.0585 e. The van der Waals surface area contributed by atoms with Gasteiger partial charge in [0.1, 0.15) is 27.7 Å². The van der Waals surface area contributed by atoms with E-state index in [-0.39, 0.29) is 7.21 Å². The van der Waals surface area contributed by atoms with Crippen LogP contribution in [-0.2, 0) is 0 Å². The molecule has 36 valence electrons. The average molecular weight is 129 g/mol. The second-order valence-corrected chi connectivity index (χ2v) is 4.75. The van der Waals surface area contributed by atoms with Crippen molar-refractivity contribution in [3.05, 3.63) is 24.0 Å². The van der Waals surface area contributed by atoms with E-state index in [2.05, 4.69) is 32.6 Å². The molecule has 2 heteroatoms. The predicted molar refractivity (Wildman–Crippen MR) is 38.4 cm³/mol. The SMILES string of the molecule is P=[P+]1C=CC=CC1. The van der Waals surface area contributed by atoms with Gasteiger partial charge < -0.3 is 0 Å². The van der Waals surface area contributed by atoms with Crippen LogP contribution in [0.25, 0.3) is 0 Å². The van der Waals surface area contributed by atoms with Crippen molar-refractivity contribution < 1.29 is 0 Å². The van der Waals surface area contributed by atoms with Crippen LogP contribution in [-0.4, -0.2) is 6.16 Å². The maximum Gasteiger partial charge on any atom is 0.146 e. The fourth-order valence-electron chi connectivity index (χ4n) is 0.467. The first-order valence-corrected chi connectivity index (χ1v) is 5.14. The van der Waals surface area contributed by atoms with Gasteiger partial charge in [-0.1, -0.05) is 6.08 Å². The first-order chi connectivity index (χ1) is 3.39. The topological polar surface area (TPSA) is 0 Å². The zero-order valence-electron chi connectivity index (χ0n) is 3.96.